The number of nitrogens with two attached hydrogens (primary N) is 1. The van der Waals surface area contributed by atoms with Crippen molar-refractivity contribution in [3.8, 4) is 11.3 Å². The Morgan fingerprint density at radius 2 is 1.90 bits per heavy atom. The van der Waals surface area contributed by atoms with Crippen molar-refractivity contribution >= 4 is 5.82 Å². The summed E-state index contributed by atoms with van der Waals surface area (Å²) in [6.45, 7) is 3.63. The molecule has 0 spiro atoms. The minimum atomic E-state index is -4.35. The van der Waals surface area contributed by atoms with Crippen LogP contribution in [-0.2, 0) is 12.6 Å². The fraction of sp³-hybridized carbons (Fsp3) is 0.333. The van der Waals surface area contributed by atoms with E-state index < -0.39 is 11.7 Å². The van der Waals surface area contributed by atoms with E-state index in [0.29, 0.717) is 29.1 Å². The summed E-state index contributed by atoms with van der Waals surface area (Å²) < 4.78 is 38.2. The van der Waals surface area contributed by atoms with Gasteiger partial charge in [0.05, 0.1) is 11.3 Å². The lowest BCUT2D eigenvalue weighted by atomic mass is 9.97. The zero-order valence-corrected chi connectivity index (χ0v) is 11.8. The minimum Gasteiger partial charge on any atom is -0.383 e. The van der Waals surface area contributed by atoms with Gasteiger partial charge in [-0.05, 0) is 31.0 Å². The molecular formula is C15H16F3N3. The minimum absolute atomic E-state index is 0.376. The first-order valence-electron chi connectivity index (χ1n) is 6.62. The smallest absolute Gasteiger partial charge is 0.383 e. The maximum atomic E-state index is 12.7. The Kier molecular flexibility index (Phi) is 4.16. The van der Waals surface area contributed by atoms with Gasteiger partial charge in [0.25, 0.3) is 0 Å². The van der Waals surface area contributed by atoms with Gasteiger partial charge in [0.15, 0.2) is 0 Å². The maximum absolute atomic E-state index is 12.7. The van der Waals surface area contributed by atoms with Gasteiger partial charge in [0.2, 0.25) is 0 Å². The van der Waals surface area contributed by atoms with Gasteiger partial charge >= 0.3 is 6.18 Å². The molecule has 1 heterocycles. The summed E-state index contributed by atoms with van der Waals surface area (Å²) in [6, 6.07) is 3.64. The van der Waals surface area contributed by atoms with Crippen LogP contribution in [0.1, 0.15) is 30.0 Å². The molecule has 0 unspecified atom stereocenters. The standard InChI is InChI=1S/C15H16F3N3/c1-3-4-12-13(20-8-21-14(12)19)11-6-5-10(7-9(11)2)15(16,17)18/h5-8H,3-4H2,1-2H3,(H2,19,20,21). The van der Waals surface area contributed by atoms with Crippen molar-refractivity contribution in [1.82, 2.24) is 9.97 Å². The van der Waals surface area contributed by atoms with Crippen LogP contribution in [0.2, 0.25) is 0 Å². The zero-order valence-electron chi connectivity index (χ0n) is 11.8. The number of anilines is 1. The molecule has 0 fully saturated rings. The molecule has 3 nitrogen and oxygen atoms in total. The number of aryl methyl sites for hydroxylation is 1. The van der Waals surface area contributed by atoms with Crippen LogP contribution < -0.4 is 5.73 Å². The largest absolute Gasteiger partial charge is 0.416 e. The van der Waals surface area contributed by atoms with Gasteiger partial charge in [-0.2, -0.15) is 13.2 Å². The van der Waals surface area contributed by atoms with E-state index in [1.807, 2.05) is 6.92 Å². The second kappa shape index (κ2) is 5.71. The van der Waals surface area contributed by atoms with E-state index >= 15 is 0 Å². The van der Waals surface area contributed by atoms with Crippen LogP contribution >= 0.6 is 0 Å². The van der Waals surface area contributed by atoms with E-state index in [9.17, 15) is 13.2 Å². The SMILES string of the molecule is CCCc1c(N)ncnc1-c1ccc(C(F)(F)F)cc1C. The van der Waals surface area contributed by atoms with Crippen LogP contribution in [0, 0.1) is 6.92 Å². The molecule has 21 heavy (non-hydrogen) atoms. The Labute approximate surface area is 121 Å². The maximum Gasteiger partial charge on any atom is 0.416 e. The topological polar surface area (TPSA) is 51.8 Å². The number of alkyl halides is 3. The Hall–Kier alpha value is -2.11. The van der Waals surface area contributed by atoms with Crippen LogP contribution in [0.4, 0.5) is 19.0 Å². The predicted octanol–water partition coefficient (Wildman–Crippen LogP) is 4.01. The second-order valence-corrected chi connectivity index (χ2v) is 4.86. The monoisotopic (exact) mass is 295 g/mol. The van der Waals surface area contributed by atoms with Crippen molar-refractivity contribution < 1.29 is 13.2 Å². The highest BCUT2D eigenvalue weighted by atomic mass is 19.4. The van der Waals surface area contributed by atoms with Crippen molar-refractivity contribution in [2.45, 2.75) is 32.9 Å². The fourth-order valence-corrected chi connectivity index (χ4v) is 2.26. The van der Waals surface area contributed by atoms with Gasteiger partial charge in [-0.15, -0.1) is 0 Å². The van der Waals surface area contributed by atoms with Gasteiger partial charge in [-0.25, -0.2) is 9.97 Å². The van der Waals surface area contributed by atoms with Crippen LogP contribution in [0.3, 0.4) is 0 Å². The summed E-state index contributed by atoms with van der Waals surface area (Å²) in [5.41, 5.74) is 7.75. The molecule has 0 saturated heterocycles. The number of hydrogen-bond donors (Lipinski definition) is 1. The Balaban J connectivity index is 2.55. The molecule has 0 saturated carbocycles. The molecule has 0 bridgehead atoms. The van der Waals surface area contributed by atoms with E-state index in [1.54, 1.807) is 6.92 Å². The Bertz CT molecular complexity index is 651. The number of nitrogen functional groups attached to an aromatic ring is 1. The molecule has 1 aromatic heterocycles. The molecule has 2 N–H and O–H groups in total. The summed E-state index contributed by atoms with van der Waals surface area (Å²) in [7, 11) is 0. The lowest BCUT2D eigenvalue weighted by Gasteiger charge is -2.14. The zero-order chi connectivity index (χ0) is 15.6. The third kappa shape index (κ3) is 3.15. The average Bonchev–Trinajstić information content (AvgIpc) is 2.40. The van der Waals surface area contributed by atoms with Crippen LogP contribution in [0.15, 0.2) is 24.5 Å². The first-order valence-corrected chi connectivity index (χ1v) is 6.62. The van der Waals surface area contributed by atoms with Crippen molar-refractivity contribution in [3.63, 3.8) is 0 Å². The fourth-order valence-electron chi connectivity index (χ4n) is 2.26. The first-order chi connectivity index (χ1) is 9.84. The first kappa shape index (κ1) is 15.3. The highest BCUT2D eigenvalue weighted by Gasteiger charge is 2.30. The van der Waals surface area contributed by atoms with E-state index in [-0.39, 0.29) is 0 Å². The molecule has 0 aliphatic rings. The van der Waals surface area contributed by atoms with Crippen molar-refractivity contribution in [1.29, 1.82) is 0 Å². The average molecular weight is 295 g/mol. The summed E-state index contributed by atoms with van der Waals surface area (Å²) in [5, 5.41) is 0. The van der Waals surface area contributed by atoms with Gasteiger partial charge in [0.1, 0.15) is 12.1 Å². The Morgan fingerprint density at radius 3 is 2.48 bits per heavy atom. The molecule has 2 rings (SSSR count). The van der Waals surface area contributed by atoms with E-state index in [0.717, 1.165) is 24.1 Å². The summed E-state index contributed by atoms with van der Waals surface area (Å²) in [5.74, 6) is 0.376. The summed E-state index contributed by atoms with van der Waals surface area (Å²) >= 11 is 0. The number of nitrogens with zero attached hydrogens (tertiary/aromatic N) is 2. The molecule has 2 aromatic rings. The molecule has 0 atom stereocenters. The summed E-state index contributed by atoms with van der Waals surface area (Å²) in [6.07, 6.45) is -1.48. The van der Waals surface area contributed by atoms with Crippen molar-refractivity contribution in [2.75, 3.05) is 5.73 Å². The summed E-state index contributed by atoms with van der Waals surface area (Å²) in [4.78, 5) is 8.17. The van der Waals surface area contributed by atoms with Crippen LogP contribution in [0.25, 0.3) is 11.3 Å². The predicted molar refractivity (Wildman–Crippen MR) is 75.6 cm³/mol. The van der Waals surface area contributed by atoms with Gasteiger partial charge in [-0.3, -0.25) is 0 Å². The lowest BCUT2D eigenvalue weighted by Crippen LogP contribution is -2.07. The Morgan fingerprint density at radius 1 is 1.19 bits per heavy atom. The van der Waals surface area contributed by atoms with E-state index in [1.165, 1.54) is 12.4 Å². The van der Waals surface area contributed by atoms with Crippen molar-refractivity contribution in [2.24, 2.45) is 0 Å². The van der Waals surface area contributed by atoms with Crippen LogP contribution in [-0.4, -0.2) is 9.97 Å². The number of hydrogen-bond acceptors (Lipinski definition) is 3. The third-order valence-electron chi connectivity index (χ3n) is 3.29. The van der Waals surface area contributed by atoms with Gasteiger partial charge in [0, 0.05) is 11.1 Å². The molecule has 0 amide bonds. The second-order valence-electron chi connectivity index (χ2n) is 4.86. The number of benzene rings is 1. The molecule has 0 aliphatic carbocycles. The van der Waals surface area contributed by atoms with Crippen LogP contribution in [0.5, 0.6) is 0 Å². The van der Waals surface area contributed by atoms with Gasteiger partial charge < -0.3 is 5.73 Å². The molecule has 1 aromatic carbocycles. The van der Waals surface area contributed by atoms with E-state index in [2.05, 4.69) is 9.97 Å². The van der Waals surface area contributed by atoms with Crippen molar-refractivity contribution in [3.05, 3.63) is 41.2 Å². The number of halogens is 3. The number of aromatic nitrogens is 2. The normalized spacial score (nSPS) is 11.7. The molecular weight excluding hydrogens is 279 g/mol. The third-order valence-corrected chi connectivity index (χ3v) is 3.29. The highest BCUT2D eigenvalue weighted by Crippen LogP contribution is 2.34. The molecule has 112 valence electrons. The quantitative estimate of drug-likeness (QED) is 0.931. The molecule has 6 heteroatoms. The van der Waals surface area contributed by atoms with Gasteiger partial charge in [-0.1, -0.05) is 19.4 Å². The number of rotatable bonds is 3. The molecule has 0 aliphatic heterocycles. The molecule has 0 radical (unpaired) electrons. The highest BCUT2D eigenvalue weighted by molar-refractivity contribution is 5.70. The lowest BCUT2D eigenvalue weighted by molar-refractivity contribution is -0.137. The van der Waals surface area contributed by atoms with E-state index in [4.69, 9.17) is 5.73 Å².